The van der Waals surface area contributed by atoms with Gasteiger partial charge in [-0.15, -0.1) is 0 Å². The maximum Gasteiger partial charge on any atom is 0.410 e. The van der Waals surface area contributed by atoms with E-state index in [1.807, 2.05) is 80.6 Å². The normalized spacial score (nSPS) is 10.8. The minimum Gasteiger partial charge on any atom is -0.493 e. The molecule has 0 fully saturated rings. The predicted molar refractivity (Wildman–Crippen MR) is 140 cm³/mol. The molecule has 0 atom stereocenters. The molecule has 3 aromatic carbocycles. The lowest BCUT2D eigenvalue weighted by Crippen LogP contribution is -2.30. The Balaban J connectivity index is 1.29. The number of rotatable bonds is 10. The molecular formula is C29H29ClN2O4. The number of carbonyl (C=O) groups excluding carboxylic acids is 1. The number of aromatic nitrogens is 1. The number of hydrogen-bond donors (Lipinski definition) is 0. The predicted octanol–water partition coefficient (Wildman–Crippen LogP) is 7.08. The number of hydrogen-bond acceptors (Lipinski definition) is 5. The second kappa shape index (κ2) is 12.3. The Kier molecular flexibility index (Phi) is 8.63. The third kappa shape index (κ3) is 6.89. The highest BCUT2D eigenvalue weighted by atomic mass is 35.5. The van der Waals surface area contributed by atoms with Gasteiger partial charge in [-0.2, -0.15) is 0 Å². The van der Waals surface area contributed by atoms with E-state index in [1.54, 1.807) is 17.0 Å². The molecule has 4 rings (SSSR count). The van der Waals surface area contributed by atoms with Crippen molar-refractivity contribution in [2.24, 2.45) is 0 Å². The summed E-state index contributed by atoms with van der Waals surface area (Å²) in [5.74, 6) is 2.15. The van der Waals surface area contributed by atoms with E-state index in [4.69, 9.17) is 25.5 Å². The van der Waals surface area contributed by atoms with Crippen LogP contribution in [0.5, 0.6) is 5.75 Å². The first-order chi connectivity index (χ1) is 17.5. The van der Waals surface area contributed by atoms with Crippen LogP contribution in [0.1, 0.15) is 29.5 Å². The Labute approximate surface area is 216 Å². The van der Waals surface area contributed by atoms with Crippen LogP contribution in [0.2, 0.25) is 5.02 Å². The maximum absolute atomic E-state index is 12.6. The molecule has 0 aliphatic rings. The molecule has 36 heavy (non-hydrogen) atoms. The molecule has 0 aliphatic carbocycles. The van der Waals surface area contributed by atoms with Crippen LogP contribution in [0.4, 0.5) is 4.79 Å². The molecular weight excluding hydrogens is 476 g/mol. The topological polar surface area (TPSA) is 64.8 Å². The quantitative estimate of drug-likeness (QED) is 0.231. The van der Waals surface area contributed by atoms with E-state index in [1.165, 1.54) is 0 Å². The van der Waals surface area contributed by atoms with Crippen molar-refractivity contribution < 1.29 is 18.7 Å². The largest absolute Gasteiger partial charge is 0.493 e. The van der Waals surface area contributed by atoms with Gasteiger partial charge in [-0.25, -0.2) is 9.78 Å². The highest BCUT2D eigenvalue weighted by Gasteiger charge is 2.15. The molecule has 0 aliphatic heterocycles. The van der Waals surface area contributed by atoms with Crippen LogP contribution in [-0.2, 0) is 24.3 Å². The fourth-order valence-corrected chi connectivity index (χ4v) is 3.83. The van der Waals surface area contributed by atoms with Gasteiger partial charge in [0, 0.05) is 30.1 Å². The Morgan fingerprint density at radius 3 is 2.53 bits per heavy atom. The van der Waals surface area contributed by atoms with E-state index in [-0.39, 0.29) is 12.7 Å². The van der Waals surface area contributed by atoms with Gasteiger partial charge in [0.2, 0.25) is 5.89 Å². The second-order valence-corrected chi connectivity index (χ2v) is 8.77. The van der Waals surface area contributed by atoms with E-state index >= 15 is 0 Å². The Morgan fingerprint density at radius 1 is 1.00 bits per heavy atom. The average molecular weight is 505 g/mol. The first-order valence-electron chi connectivity index (χ1n) is 11.9. The molecule has 0 spiro atoms. The Hall–Kier alpha value is -3.77. The fraction of sp³-hybridized carbons (Fsp3) is 0.241. The first-order valence-corrected chi connectivity index (χ1v) is 12.3. The zero-order chi connectivity index (χ0) is 25.3. The zero-order valence-electron chi connectivity index (χ0n) is 20.4. The summed E-state index contributed by atoms with van der Waals surface area (Å²) in [7, 11) is 0. The number of benzene rings is 3. The molecule has 0 saturated heterocycles. The summed E-state index contributed by atoms with van der Waals surface area (Å²) in [6.45, 7) is 5.46. The first kappa shape index (κ1) is 25.3. The number of oxazole rings is 1. The van der Waals surface area contributed by atoms with Gasteiger partial charge in [0.05, 0.1) is 12.3 Å². The molecule has 1 amide bonds. The molecule has 0 N–H and O–H groups in total. The number of amides is 1. The van der Waals surface area contributed by atoms with Crippen LogP contribution in [-0.4, -0.2) is 29.1 Å². The maximum atomic E-state index is 12.6. The molecule has 6 nitrogen and oxygen atoms in total. The number of carbonyl (C=O) groups is 1. The third-order valence-electron chi connectivity index (χ3n) is 5.71. The summed E-state index contributed by atoms with van der Waals surface area (Å²) >= 11 is 5.91. The summed E-state index contributed by atoms with van der Waals surface area (Å²) in [4.78, 5) is 18.9. The van der Waals surface area contributed by atoms with Crippen LogP contribution in [0.25, 0.3) is 11.5 Å². The Morgan fingerprint density at radius 2 is 1.78 bits per heavy atom. The minimum atomic E-state index is -0.366. The lowest BCUT2D eigenvalue weighted by Gasteiger charge is -2.21. The van der Waals surface area contributed by atoms with Gasteiger partial charge in [0.15, 0.2) is 0 Å². The molecule has 4 aromatic rings. The molecule has 1 aromatic heterocycles. The smallest absolute Gasteiger partial charge is 0.410 e. The van der Waals surface area contributed by atoms with Crippen molar-refractivity contribution in [3.05, 3.63) is 106 Å². The molecule has 0 radical (unpaired) electrons. The van der Waals surface area contributed by atoms with Crippen molar-refractivity contribution in [2.45, 2.75) is 33.4 Å². The van der Waals surface area contributed by atoms with Gasteiger partial charge in [0.1, 0.15) is 18.1 Å². The SMILES string of the molecule is CCN(Cc1cccc(OCCc2nc(-c3ccccc3)oc2C)c1)C(=O)OCc1ccc(Cl)cc1. The van der Waals surface area contributed by atoms with Crippen LogP contribution < -0.4 is 4.74 Å². The molecule has 0 bridgehead atoms. The molecule has 1 heterocycles. The Bertz CT molecular complexity index is 1270. The van der Waals surface area contributed by atoms with Gasteiger partial charge in [-0.05, 0) is 61.4 Å². The van der Waals surface area contributed by atoms with Crippen molar-refractivity contribution in [2.75, 3.05) is 13.2 Å². The molecule has 186 valence electrons. The second-order valence-electron chi connectivity index (χ2n) is 8.33. The number of nitrogens with zero attached hydrogens (tertiary/aromatic N) is 2. The monoisotopic (exact) mass is 504 g/mol. The molecule has 0 unspecified atom stereocenters. The minimum absolute atomic E-state index is 0.198. The van der Waals surface area contributed by atoms with Crippen molar-refractivity contribution >= 4 is 17.7 Å². The van der Waals surface area contributed by atoms with E-state index < -0.39 is 0 Å². The lowest BCUT2D eigenvalue weighted by atomic mass is 10.2. The van der Waals surface area contributed by atoms with Gasteiger partial charge < -0.3 is 18.8 Å². The zero-order valence-corrected chi connectivity index (χ0v) is 21.2. The third-order valence-corrected chi connectivity index (χ3v) is 5.96. The number of halogens is 1. The number of ether oxygens (including phenoxy) is 2. The summed E-state index contributed by atoms with van der Waals surface area (Å²) in [6, 6.07) is 24.8. The van der Waals surface area contributed by atoms with Gasteiger partial charge >= 0.3 is 6.09 Å². The average Bonchev–Trinajstić information content (AvgIpc) is 3.28. The standard InChI is InChI=1S/C29H29ClN2O4/c1-3-32(29(33)35-20-22-12-14-25(30)15-13-22)19-23-8-7-11-26(18-23)34-17-16-27-21(2)36-28(31-27)24-9-5-4-6-10-24/h4-15,18H,3,16-17,19-20H2,1-2H3. The van der Waals surface area contributed by atoms with Crippen molar-refractivity contribution in [3.63, 3.8) is 0 Å². The summed E-state index contributed by atoms with van der Waals surface area (Å²) in [5.41, 5.74) is 3.68. The summed E-state index contributed by atoms with van der Waals surface area (Å²) in [5, 5.41) is 0.649. The van der Waals surface area contributed by atoms with Gasteiger partial charge in [0.25, 0.3) is 0 Å². The summed E-state index contributed by atoms with van der Waals surface area (Å²) < 4.78 is 17.3. The number of aryl methyl sites for hydroxylation is 1. The van der Waals surface area contributed by atoms with Gasteiger partial charge in [-0.3, -0.25) is 0 Å². The fourth-order valence-electron chi connectivity index (χ4n) is 3.71. The van der Waals surface area contributed by atoms with Crippen molar-refractivity contribution in [3.8, 4) is 17.2 Å². The summed E-state index contributed by atoms with van der Waals surface area (Å²) in [6.07, 6.45) is 0.263. The van der Waals surface area contributed by atoms with Crippen molar-refractivity contribution in [1.29, 1.82) is 0 Å². The highest BCUT2D eigenvalue weighted by molar-refractivity contribution is 6.30. The van der Waals surface area contributed by atoms with E-state index in [0.29, 0.717) is 37.0 Å². The lowest BCUT2D eigenvalue weighted by molar-refractivity contribution is 0.0956. The van der Waals surface area contributed by atoms with E-state index in [0.717, 1.165) is 33.9 Å². The van der Waals surface area contributed by atoms with Crippen LogP contribution in [0.3, 0.4) is 0 Å². The van der Waals surface area contributed by atoms with Crippen LogP contribution in [0.15, 0.2) is 83.3 Å². The van der Waals surface area contributed by atoms with Crippen molar-refractivity contribution in [1.82, 2.24) is 9.88 Å². The van der Waals surface area contributed by atoms with Crippen LogP contribution >= 0.6 is 11.6 Å². The molecule has 7 heteroatoms. The van der Waals surface area contributed by atoms with Crippen LogP contribution in [0, 0.1) is 6.92 Å². The van der Waals surface area contributed by atoms with Gasteiger partial charge in [-0.1, -0.05) is 54.1 Å². The highest BCUT2D eigenvalue weighted by Crippen LogP contribution is 2.22. The van der Waals surface area contributed by atoms with E-state index in [2.05, 4.69) is 4.98 Å². The van der Waals surface area contributed by atoms with E-state index in [9.17, 15) is 4.79 Å². The molecule has 0 saturated carbocycles.